The van der Waals surface area contributed by atoms with Gasteiger partial charge >= 0.3 is 5.97 Å². The van der Waals surface area contributed by atoms with E-state index in [0.29, 0.717) is 36.6 Å². The van der Waals surface area contributed by atoms with E-state index < -0.39 is 5.92 Å². The molecule has 27 heavy (non-hydrogen) atoms. The largest absolute Gasteiger partial charge is 0.459 e. The Labute approximate surface area is 158 Å². The van der Waals surface area contributed by atoms with Crippen LogP contribution in [0.15, 0.2) is 45.3 Å². The molecule has 4 rings (SSSR count). The first-order chi connectivity index (χ1) is 13.1. The Balaban J connectivity index is 1.38. The van der Waals surface area contributed by atoms with Gasteiger partial charge in [0.1, 0.15) is 6.61 Å². The van der Waals surface area contributed by atoms with E-state index in [0.717, 1.165) is 0 Å². The first-order valence-electron chi connectivity index (χ1n) is 8.57. The number of fused-ring (bicyclic) bond motifs is 1. The lowest BCUT2D eigenvalue weighted by molar-refractivity contribution is -0.151. The predicted molar refractivity (Wildman–Crippen MR) is 96.5 cm³/mol. The highest BCUT2D eigenvalue weighted by atomic mass is 32.1. The molecule has 0 radical (unpaired) electrons. The van der Waals surface area contributed by atoms with Crippen molar-refractivity contribution in [2.45, 2.75) is 19.4 Å². The minimum Gasteiger partial charge on any atom is -0.459 e. The van der Waals surface area contributed by atoms with Crippen LogP contribution < -0.4 is 5.56 Å². The number of carbonyl (C=O) groups is 2. The molecule has 1 aliphatic rings. The van der Waals surface area contributed by atoms with E-state index >= 15 is 0 Å². The molecule has 0 spiro atoms. The summed E-state index contributed by atoms with van der Waals surface area (Å²) in [6, 6.07) is 4.62. The number of esters is 1. The van der Waals surface area contributed by atoms with Gasteiger partial charge in [0, 0.05) is 30.7 Å². The average Bonchev–Trinajstić information content (AvgIpc) is 3.37. The number of piperidine rings is 1. The van der Waals surface area contributed by atoms with Crippen LogP contribution in [-0.2, 0) is 16.1 Å². The Kier molecular flexibility index (Phi) is 4.76. The summed E-state index contributed by atoms with van der Waals surface area (Å²) in [5.74, 6) is -0.752. The molecule has 1 saturated heterocycles. The van der Waals surface area contributed by atoms with Gasteiger partial charge in [-0.1, -0.05) is 0 Å². The van der Waals surface area contributed by atoms with E-state index in [-0.39, 0.29) is 29.8 Å². The summed E-state index contributed by atoms with van der Waals surface area (Å²) in [6.07, 6.45) is 4.47. The van der Waals surface area contributed by atoms with Crippen LogP contribution in [0.25, 0.3) is 4.96 Å². The van der Waals surface area contributed by atoms with Crippen molar-refractivity contribution < 1.29 is 18.7 Å². The van der Waals surface area contributed by atoms with Crippen LogP contribution in [0.2, 0.25) is 0 Å². The topological polar surface area (TPSA) is 94.1 Å². The number of aromatic nitrogens is 2. The van der Waals surface area contributed by atoms with Crippen LogP contribution in [0, 0.1) is 5.92 Å². The lowest BCUT2D eigenvalue weighted by atomic mass is 9.98. The number of nitrogens with zero attached hydrogens (tertiary/aromatic N) is 3. The highest BCUT2D eigenvalue weighted by molar-refractivity contribution is 7.15. The van der Waals surface area contributed by atoms with E-state index in [4.69, 9.17) is 9.15 Å². The van der Waals surface area contributed by atoms with Crippen LogP contribution in [0.1, 0.15) is 29.1 Å². The Morgan fingerprint density at radius 3 is 3.11 bits per heavy atom. The van der Waals surface area contributed by atoms with Gasteiger partial charge < -0.3 is 14.1 Å². The Morgan fingerprint density at radius 2 is 2.30 bits per heavy atom. The van der Waals surface area contributed by atoms with Crippen LogP contribution in [0.3, 0.4) is 0 Å². The van der Waals surface area contributed by atoms with Crippen molar-refractivity contribution >= 4 is 28.2 Å². The molecule has 1 atom stereocenters. The van der Waals surface area contributed by atoms with Crippen LogP contribution in [-0.4, -0.2) is 39.3 Å². The normalized spacial score (nSPS) is 17.2. The van der Waals surface area contributed by atoms with Crippen molar-refractivity contribution in [2.75, 3.05) is 13.1 Å². The zero-order valence-corrected chi connectivity index (χ0v) is 15.2. The molecule has 3 aromatic rings. The third kappa shape index (κ3) is 3.63. The summed E-state index contributed by atoms with van der Waals surface area (Å²) in [4.78, 5) is 43.3. The summed E-state index contributed by atoms with van der Waals surface area (Å²) in [6.45, 7) is 0.806. The third-order valence-corrected chi connectivity index (χ3v) is 5.25. The van der Waals surface area contributed by atoms with E-state index in [9.17, 15) is 14.4 Å². The maximum absolute atomic E-state index is 12.4. The number of thiazole rings is 1. The first-order valence-corrected chi connectivity index (χ1v) is 9.45. The SMILES string of the molecule is O=C(OCc1cc(=O)n2ccsc2n1)[C@@H]1CCCN(C(=O)c2ccco2)C1. The quantitative estimate of drug-likeness (QED) is 0.635. The number of furan rings is 1. The molecular weight excluding hydrogens is 370 g/mol. The molecule has 1 fully saturated rings. The molecule has 1 amide bonds. The molecule has 0 unspecified atom stereocenters. The zero-order valence-electron chi connectivity index (χ0n) is 14.4. The Bertz CT molecular complexity index is 1020. The fraction of sp³-hybridized carbons (Fsp3) is 0.333. The molecule has 3 aromatic heterocycles. The molecule has 0 aromatic carbocycles. The molecular formula is C18H17N3O5S. The molecule has 0 saturated carbocycles. The average molecular weight is 387 g/mol. The monoisotopic (exact) mass is 387 g/mol. The van der Waals surface area contributed by atoms with Crippen LogP contribution >= 0.6 is 11.3 Å². The summed E-state index contributed by atoms with van der Waals surface area (Å²) in [5.41, 5.74) is 0.204. The summed E-state index contributed by atoms with van der Waals surface area (Å²) in [5, 5.41) is 1.77. The van der Waals surface area contributed by atoms with Gasteiger partial charge in [-0.15, -0.1) is 11.3 Å². The van der Waals surface area contributed by atoms with Crippen molar-refractivity contribution in [3.63, 3.8) is 0 Å². The van der Waals surface area contributed by atoms with Crippen molar-refractivity contribution in [1.29, 1.82) is 0 Å². The van der Waals surface area contributed by atoms with Crippen molar-refractivity contribution in [3.8, 4) is 0 Å². The number of amides is 1. The Morgan fingerprint density at radius 1 is 1.41 bits per heavy atom. The number of hydrogen-bond acceptors (Lipinski definition) is 7. The second-order valence-corrected chi connectivity index (χ2v) is 7.19. The lowest BCUT2D eigenvalue weighted by Crippen LogP contribution is -2.42. The van der Waals surface area contributed by atoms with E-state index in [1.54, 1.807) is 28.6 Å². The number of rotatable bonds is 4. The fourth-order valence-electron chi connectivity index (χ4n) is 3.13. The first kappa shape index (κ1) is 17.5. The van der Waals surface area contributed by atoms with Gasteiger partial charge in [0.2, 0.25) is 0 Å². The molecule has 8 nitrogen and oxygen atoms in total. The van der Waals surface area contributed by atoms with Gasteiger partial charge in [0.05, 0.1) is 17.9 Å². The van der Waals surface area contributed by atoms with Gasteiger partial charge in [0.25, 0.3) is 11.5 Å². The van der Waals surface area contributed by atoms with E-state index in [1.807, 2.05) is 0 Å². The lowest BCUT2D eigenvalue weighted by Gasteiger charge is -2.30. The second-order valence-electron chi connectivity index (χ2n) is 6.32. The van der Waals surface area contributed by atoms with E-state index in [2.05, 4.69) is 4.98 Å². The summed E-state index contributed by atoms with van der Waals surface area (Å²) < 4.78 is 11.9. The van der Waals surface area contributed by atoms with Gasteiger partial charge in [-0.25, -0.2) is 4.98 Å². The van der Waals surface area contributed by atoms with Crippen molar-refractivity contribution in [2.24, 2.45) is 5.92 Å². The maximum atomic E-state index is 12.4. The van der Waals surface area contributed by atoms with Gasteiger partial charge in [-0.3, -0.25) is 18.8 Å². The maximum Gasteiger partial charge on any atom is 0.311 e. The molecule has 4 heterocycles. The van der Waals surface area contributed by atoms with Crippen molar-refractivity contribution in [3.05, 3.63) is 57.8 Å². The van der Waals surface area contributed by atoms with Gasteiger partial charge in [-0.2, -0.15) is 0 Å². The van der Waals surface area contributed by atoms with E-state index in [1.165, 1.54) is 28.1 Å². The highest BCUT2D eigenvalue weighted by Gasteiger charge is 2.30. The molecule has 0 bridgehead atoms. The predicted octanol–water partition coefficient (Wildman–Crippen LogP) is 1.94. The van der Waals surface area contributed by atoms with Gasteiger partial charge in [0.15, 0.2) is 10.7 Å². The number of likely N-dealkylation sites (tertiary alicyclic amines) is 1. The zero-order chi connectivity index (χ0) is 18.8. The number of carbonyl (C=O) groups excluding carboxylic acids is 2. The third-order valence-electron chi connectivity index (χ3n) is 4.49. The van der Waals surface area contributed by atoms with Crippen LogP contribution in [0.4, 0.5) is 0 Å². The molecule has 9 heteroatoms. The number of hydrogen-bond donors (Lipinski definition) is 0. The fourth-order valence-corrected chi connectivity index (χ4v) is 3.87. The summed E-state index contributed by atoms with van der Waals surface area (Å²) >= 11 is 1.34. The second kappa shape index (κ2) is 7.36. The molecule has 1 aliphatic heterocycles. The minimum absolute atomic E-state index is 0.0644. The smallest absolute Gasteiger partial charge is 0.311 e. The molecule has 0 N–H and O–H groups in total. The Hall–Kier alpha value is -2.94. The number of ether oxygens (including phenoxy) is 1. The molecule has 0 aliphatic carbocycles. The van der Waals surface area contributed by atoms with Crippen LogP contribution in [0.5, 0.6) is 0 Å². The minimum atomic E-state index is -0.399. The van der Waals surface area contributed by atoms with Crippen molar-refractivity contribution in [1.82, 2.24) is 14.3 Å². The van der Waals surface area contributed by atoms with Gasteiger partial charge in [-0.05, 0) is 25.0 Å². The molecule has 140 valence electrons. The standard InChI is InChI=1S/C18H17N3O5S/c22-15-9-13(19-18-21(15)6-8-27-18)11-26-17(24)12-3-1-5-20(10-12)16(23)14-4-2-7-25-14/h2,4,6-9,12H,1,3,5,10-11H2/t12-/m1/s1. The summed E-state index contributed by atoms with van der Waals surface area (Å²) in [7, 11) is 0. The highest BCUT2D eigenvalue weighted by Crippen LogP contribution is 2.20.